The standard InChI is InChI=1S/C68H86N31O41P7/c69-40-1-3-93(67(104)85-40)43-6-27(34(129-43)13-121-141(106,107)108)135-143(111,112)126-17-38-32(11-48(133-38)99-25-84-53-60(99)89-66(75)92-63(53)103)140-147(119,120)125-16-37-29(8-45(132-37)95-21-80-49-54(71)76-19-78-56(49)95)137-145(115,116)124-15-36-30(9-46(131-36)96-22-81-50-55(72)77-20-79-57(50)96)138-146(117,118)127-18-39-31(10-47(134-39)98-24-83-52-59(98)88-65(74)91-62(52)102)139-144(113,114)123-14-35-28(7-44(130-35)94-4-2-41(70)86-68(94)105)136-142(109,110)122-12-33-26(100)5-42(128-33)97-23-82-51-58(97)87-64(73)90-61(51)101/h1-4,19-39,42-48,100H,5-18H2,(H,109,110)(H,111,112)(H,113,114)(H,115,116)(H,117,118)(H,119,120)(H2,69,85,104)(H2,70,86,105)(H2,71,76,78)(H2,72,77,79)(H2,106,107,108)(H3,73,87,90,101)(H3,74,88,91,102)(H3,75,89,92,103)/t26-,27-,28-,29-,30-,31-,32-,33+,34+,35+,36+,37+,38+,39+,42+,43+,44+,45+,46+,47+,48+/m0/s1. The Hall–Kier alpha value is -11.0. The van der Waals surface area contributed by atoms with Gasteiger partial charge in [0, 0.05) is 57.3 Å². The molecule has 0 spiro atoms. The smallest absolute Gasteiger partial charge is 0.390 e. The monoisotopic (exact) mass is 2210 g/mol. The topological polar surface area (TPSA) is 1020 Å². The lowest BCUT2D eigenvalue weighted by Gasteiger charge is -2.26. The number of anilines is 7. The molecule has 147 heavy (non-hydrogen) atoms. The van der Waals surface area contributed by atoms with Crippen molar-refractivity contribution >= 4 is 152 Å². The van der Waals surface area contributed by atoms with Gasteiger partial charge < -0.3 is 118 Å². The van der Waals surface area contributed by atoms with Crippen molar-refractivity contribution in [2.24, 2.45) is 0 Å². The molecule has 7 saturated heterocycles. The summed E-state index contributed by atoms with van der Waals surface area (Å²) in [5, 5.41) is 11.1. The van der Waals surface area contributed by atoms with Gasteiger partial charge in [0.15, 0.2) is 56.4 Å². The molecular formula is C68H86N31O41P7. The van der Waals surface area contributed by atoms with E-state index in [0.717, 1.165) is 56.0 Å². The van der Waals surface area contributed by atoms with Crippen LogP contribution in [0, 0.1) is 0 Å². The molecule has 0 aliphatic carbocycles. The Balaban J connectivity index is 0.542. The maximum Gasteiger partial charge on any atom is 0.472 e. The molecule has 72 nitrogen and oxygen atoms in total. The quantitative estimate of drug-likeness (QED) is 0.0172. The Labute approximate surface area is 814 Å². The van der Waals surface area contributed by atoms with Crippen LogP contribution >= 0.6 is 54.8 Å². The fourth-order valence-electron chi connectivity index (χ4n) is 17.1. The molecule has 26 N–H and O–H groups in total. The van der Waals surface area contributed by atoms with Crippen molar-refractivity contribution in [1.29, 1.82) is 0 Å². The van der Waals surface area contributed by atoms with E-state index in [1.165, 1.54) is 44.8 Å². The minimum absolute atomic E-state index is 0.0124. The van der Waals surface area contributed by atoms with E-state index >= 15 is 0 Å². The Bertz CT molecular complexity index is 7620. The molecule has 27 atom stereocenters. The summed E-state index contributed by atoms with van der Waals surface area (Å²) < 4.78 is 221. The third kappa shape index (κ3) is 23.3. The second-order valence-electron chi connectivity index (χ2n) is 33.4. The van der Waals surface area contributed by atoms with Gasteiger partial charge in [-0.15, -0.1) is 0 Å². The number of phosphoric acid groups is 7. The summed E-state index contributed by atoms with van der Waals surface area (Å²) in [6, 6.07) is 2.40. The number of aromatic nitrogens is 24. The van der Waals surface area contributed by atoms with E-state index in [2.05, 4.69) is 89.3 Å². The number of imidazole rings is 5. The highest BCUT2D eigenvalue weighted by atomic mass is 31.2. The van der Waals surface area contributed by atoms with Crippen LogP contribution in [-0.4, -0.2) is 293 Å². The Kier molecular flexibility index (Phi) is 29.2. The number of hydrogen-bond donors (Lipinski definition) is 19. The highest BCUT2D eigenvalue weighted by molar-refractivity contribution is 7.49. The maximum absolute atomic E-state index is 14.8. The van der Waals surface area contributed by atoms with Gasteiger partial charge in [-0.05, 0) is 12.1 Å². The van der Waals surface area contributed by atoms with Crippen molar-refractivity contribution in [2.45, 2.75) is 174 Å². The van der Waals surface area contributed by atoms with E-state index in [0.29, 0.717) is 0 Å². The molecule has 0 bridgehead atoms. The van der Waals surface area contributed by atoms with Gasteiger partial charge in [0.1, 0.15) is 158 Å². The molecule has 79 heteroatoms. The van der Waals surface area contributed by atoms with Crippen LogP contribution in [0.4, 0.5) is 41.1 Å². The molecule has 7 aliphatic rings. The highest BCUT2D eigenvalue weighted by Crippen LogP contribution is 2.58. The van der Waals surface area contributed by atoms with E-state index < -0.39 is 309 Å². The lowest BCUT2D eigenvalue weighted by atomic mass is 10.2. The lowest BCUT2D eigenvalue weighted by molar-refractivity contribution is -0.0646. The van der Waals surface area contributed by atoms with Gasteiger partial charge in [0.25, 0.3) is 16.7 Å². The normalized spacial score (nSPS) is 29.1. The number of ether oxygens (including phenoxy) is 7. The molecule has 12 aromatic heterocycles. The number of aliphatic hydroxyl groups excluding tert-OH is 1. The molecule has 0 aromatic carbocycles. The summed E-state index contributed by atoms with van der Waals surface area (Å²) >= 11 is 0. The Morgan fingerprint density at radius 3 is 0.816 bits per heavy atom. The minimum Gasteiger partial charge on any atom is -0.390 e. The predicted octanol–water partition coefficient (Wildman–Crippen LogP) is -2.85. The first kappa shape index (κ1) is 104. The molecule has 7 aliphatic heterocycles. The maximum atomic E-state index is 14.8. The molecule has 0 amide bonds. The average molecular weight is 2210 g/mol. The third-order valence-electron chi connectivity index (χ3n) is 23.7. The number of H-pyrrole nitrogens is 3. The van der Waals surface area contributed by atoms with Crippen molar-refractivity contribution in [3.63, 3.8) is 0 Å². The first-order valence-electron chi connectivity index (χ1n) is 43.2. The minimum atomic E-state index is -5.70. The molecule has 0 radical (unpaired) electrons. The largest absolute Gasteiger partial charge is 0.472 e. The van der Waals surface area contributed by atoms with Crippen LogP contribution in [0.3, 0.4) is 0 Å². The van der Waals surface area contributed by atoms with Crippen molar-refractivity contribution in [1.82, 2.24) is 117 Å². The highest BCUT2D eigenvalue weighted by Gasteiger charge is 2.54. The van der Waals surface area contributed by atoms with E-state index in [4.69, 9.17) is 128 Å². The number of phosphoric ester groups is 7. The molecule has 19 rings (SSSR count). The van der Waals surface area contributed by atoms with Crippen LogP contribution in [0.25, 0.3) is 55.8 Å². The van der Waals surface area contributed by atoms with E-state index in [-0.39, 0.29) is 91.5 Å². The van der Waals surface area contributed by atoms with Gasteiger partial charge >= 0.3 is 66.1 Å². The average Bonchev–Trinajstić information content (AvgIpc) is 1.62. The van der Waals surface area contributed by atoms with Crippen molar-refractivity contribution in [3.8, 4) is 0 Å². The number of hydrogen-bond acceptors (Lipinski definition) is 54. The van der Waals surface area contributed by atoms with E-state index in [1.54, 1.807) is 0 Å². The number of aromatic amines is 3. The van der Waals surface area contributed by atoms with Gasteiger partial charge in [-0.2, -0.15) is 24.9 Å². The zero-order valence-electron chi connectivity index (χ0n) is 74.5. The summed E-state index contributed by atoms with van der Waals surface area (Å²) in [5.74, 6) is -1.74. The van der Waals surface area contributed by atoms with Crippen LogP contribution in [0.1, 0.15) is 88.5 Å². The molecule has 12 aromatic rings. The summed E-state index contributed by atoms with van der Waals surface area (Å²) in [5.41, 5.74) is 35.9. The number of nitrogen functional groups attached to an aromatic ring is 7. The molecule has 6 unspecified atom stereocenters. The van der Waals surface area contributed by atoms with Crippen LogP contribution in [0.5, 0.6) is 0 Å². The summed E-state index contributed by atoms with van der Waals surface area (Å²) in [4.78, 5) is 217. The number of nitrogens with one attached hydrogen (secondary N) is 3. The van der Waals surface area contributed by atoms with Crippen molar-refractivity contribution < 1.29 is 168 Å². The van der Waals surface area contributed by atoms with Gasteiger partial charge in [-0.25, -0.2) is 86.4 Å². The van der Waals surface area contributed by atoms with Gasteiger partial charge in [-0.1, -0.05) is 0 Å². The summed E-state index contributed by atoms with van der Waals surface area (Å²) in [6.07, 6.45) is -26.5. The van der Waals surface area contributed by atoms with Gasteiger partial charge in [0.2, 0.25) is 17.8 Å². The first-order valence-corrected chi connectivity index (χ1v) is 53.7. The van der Waals surface area contributed by atoms with E-state index in [9.17, 15) is 100 Å². The third-order valence-corrected chi connectivity index (χ3v) is 30.3. The zero-order valence-corrected chi connectivity index (χ0v) is 80.8. The van der Waals surface area contributed by atoms with Crippen molar-refractivity contribution in [2.75, 3.05) is 86.4 Å². The molecular weight excluding hydrogens is 2120 g/mol. The number of fused-ring (bicyclic) bond motifs is 5. The number of rotatable bonds is 40. The molecule has 0 saturated carbocycles. The van der Waals surface area contributed by atoms with Gasteiger partial charge in [0.05, 0.1) is 84.0 Å². The zero-order chi connectivity index (χ0) is 104. The fourth-order valence-corrected chi connectivity index (χ4v) is 23.2. The fraction of sp³-hybridized carbons (Fsp3) is 0.515. The second kappa shape index (κ2) is 41.0. The molecule has 19 heterocycles. The van der Waals surface area contributed by atoms with Crippen LogP contribution < -0.4 is 68.2 Å². The Morgan fingerprint density at radius 1 is 0.306 bits per heavy atom. The first-order chi connectivity index (χ1) is 69.6. The van der Waals surface area contributed by atoms with Crippen molar-refractivity contribution in [3.05, 3.63) is 121 Å². The number of aliphatic hydroxyl groups is 1. The number of nitrogens with two attached hydrogens (primary N) is 7. The summed E-state index contributed by atoms with van der Waals surface area (Å²) in [6.45, 7) is -7.45. The second-order valence-corrected chi connectivity index (χ2v) is 43.1. The molecule has 794 valence electrons. The number of nitrogens with zero attached hydrogens (tertiary/aromatic N) is 21. The lowest BCUT2D eigenvalue weighted by Crippen LogP contribution is -2.32. The van der Waals surface area contributed by atoms with Crippen LogP contribution in [0.2, 0.25) is 0 Å². The summed E-state index contributed by atoms with van der Waals surface area (Å²) in [7, 11) is -38.8. The Morgan fingerprint density at radius 2 is 0.544 bits per heavy atom. The SMILES string of the molecule is Nc1ccn([C@H]2C[C@H](OP(=O)(O)OC[C@H]3O[C@@H](n4cnc5c(=O)[nH]c(N)nc54)C[C@@H]3OP(=O)(O)OC[C@H]3O[C@@H](n4cnc5c(N)ncnc54)C[C@@H]3OP(=O)(O)OC[C@H]3O[C@@H](n4cnc5c(N)ncnc54)C[C@@H]3OP(=O)(O)OC[C@H]3O[C@@H](n4cnc5c(=O)[nH]c(N)nc54)C[C@@H]3OP(=O)(O)OC[C@H]3O[C@@H](n4ccc(N)nc4=O)C[C@@H]3OP(=O)(O)OC[C@H]3O[C@@H](n4cnc5c(=O)[nH]c(N)nc54)C[C@@H]3O)[C@@H](COP(=O)(O)O)O2)c(=O)n1. The van der Waals surface area contributed by atoms with Crippen LogP contribution in [0.15, 0.2) is 92.8 Å². The van der Waals surface area contributed by atoms with E-state index in [1.807, 2.05) is 0 Å². The van der Waals surface area contributed by atoms with Gasteiger partial charge in [-0.3, -0.25) is 120 Å². The predicted molar refractivity (Wildman–Crippen MR) is 481 cm³/mol. The molecule has 7 fully saturated rings. The van der Waals surface area contributed by atoms with Crippen LogP contribution in [-0.2, 0) is 124 Å².